The molecule has 0 unspecified atom stereocenters. The predicted molar refractivity (Wildman–Crippen MR) is 143 cm³/mol. The topological polar surface area (TPSA) is 57.6 Å². The monoisotopic (exact) mass is 468 g/mol. The molecular formula is C29H32N4O2. The Bertz CT molecular complexity index is 1300. The van der Waals surface area contributed by atoms with Crippen LogP contribution in [0.2, 0.25) is 0 Å². The Morgan fingerprint density at radius 1 is 0.743 bits per heavy atom. The number of amides is 1. The van der Waals surface area contributed by atoms with Crippen molar-refractivity contribution in [1.82, 2.24) is 14.8 Å². The molecule has 1 aromatic heterocycles. The molecule has 2 heterocycles. The van der Waals surface area contributed by atoms with E-state index in [9.17, 15) is 9.59 Å². The molecule has 3 aromatic carbocycles. The van der Waals surface area contributed by atoms with Gasteiger partial charge in [-0.05, 0) is 55.8 Å². The molecular weight excluding hydrogens is 436 g/mol. The molecule has 1 N–H and O–H groups in total. The third-order valence-corrected chi connectivity index (χ3v) is 6.90. The zero-order chi connectivity index (χ0) is 24.0. The number of hydrogen-bond donors (Lipinski definition) is 1. The second kappa shape index (κ2) is 10.7. The van der Waals surface area contributed by atoms with Crippen molar-refractivity contribution in [3.05, 3.63) is 89.1 Å². The molecule has 0 atom stereocenters. The maximum Gasteiger partial charge on any atom is 0.239 e. The van der Waals surface area contributed by atoms with Crippen LogP contribution in [0.25, 0.3) is 21.8 Å². The fraction of sp³-hybridized carbons (Fsp3) is 0.310. The van der Waals surface area contributed by atoms with Gasteiger partial charge in [-0.1, -0.05) is 42.5 Å². The van der Waals surface area contributed by atoms with Crippen LogP contribution in [-0.4, -0.2) is 54.6 Å². The van der Waals surface area contributed by atoms with E-state index in [0.717, 1.165) is 56.6 Å². The first-order chi connectivity index (χ1) is 17.2. The van der Waals surface area contributed by atoms with Crippen molar-refractivity contribution in [3.63, 3.8) is 0 Å². The number of nitrogens with one attached hydrogen (secondary N) is 1. The summed E-state index contributed by atoms with van der Waals surface area (Å²) in [7, 11) is 0. The van der Waals surface area contributed by atoms with Gasteiger partial charge in [0, 0.05) is 49.2 Å². The average molecular weight is 469 g/mol. The number of fused-ring (bicyclic) bond motifs is 2. The van der Waals surface area contributed by atoms with Crippen molar-refractivity contribution in [3.8, 4) is 0 Å². The minimum atomic E-state index is -0.0274. The Balaban J connectivity index is 1.11. The number of piperazine rings is 1. The minimum Gasteiger partial charge on any atom is -0.369 e. The summed E-state index contributed by atoms with van der Waals surface area (Å²) in [5.74, 6) is -0.0274. The maximum atomic E-state index is 12.9. The van der Waals surface area contributed by atoms with Crippen molar-refractivity contribution in [1.29, 1.82) is 0 Å². The lowest BCUT2D eigenvalue weighted by Gasteiger charge is -2.36. The lowest BCUT2D eigenvalue weighted by atomic mass is 10.1. The molecule has 1 fully saturated rings. The smallest absolute Gasteiger partial charge is 0.239 e. The number of benzene rings is 3. The molecule has 35 heavy (non-hydrogen) atoms. The third kappa shape index (κ3) is 5.23. The number of pyridine rings is 1. The van der Waals surface area contributed by atoms with E-state index < -0.39 is 0 Å². The first-order valence-electron chi connectivity index (χ1n) is 12.5. The Morgan fingerprint density at radius 3 is 2.00 bits per heavy atom. The van der Waals surface area contributed by atoms with Crippen LogP contribution < -0.4 is 15.6 Å². The van der Waals surface area contributed by atoms with Gasteiger partial charge in [-0.2, -0.15) is 0 Å². The number of aromatic nitrogens is 1. The molecule has 4 aromatic rings. The molecule has 0 radical (unpaired) electrons. The molecule has 0 spiro atoms. The molecule has 1 saturated heterocycles. The molecule has 1 amide bonds. The summed E-state index contributed by atoms with van der Waals surface area (Å²) in [6.45, 7) is 6.20. The van der Waals surface area contributed by atoms with Crippen molar-refractivity contribution >= 4 is 33.4 Å². The van der Waals surface area contributed by atoms with Gasteiger partial charge in [0.05, 0.1) is 11.0 Å². The number of para-hydroxylation sites is 3. The van der Waals surface area contributed by atoms with Crippen molar-refractivity contribution < 1.29 is 4.79 Å². The first kappa shape index (κ1) is 23.1. The summed E-state index contributed by atoms with van der Waals surface area (Å²) in [4.78, 5) is 30.6. The van der Waals surface area contributed by atoms with E-state index in [2.05, 4.69) is 45.4 Å². The zero-order valence-electron chi connectivity index (χ0n) is 20.0. The summed E-state index contributed by atoms with van der Waals surface area (Å²) < 4.78 is 1.95. The van der Waals surface area contributed by atoms with E-state index >= 15 is 0 Å². The van der Waals surface area contributed by atoms with Gasteiger partial charge in [-0.3, -0.25) is 14.5 Å². The number of anilines is 1. The Morgan fingerprint density at radius 2 is 1.34 bits per heavy atom. The standard InChI is InChI=1S/C29H32N4O2/c34-28(22-33-26-14-6-4-12-24(26)29(35)25-13-5-7-15-27(25)33)30-16-8-9-17-31-18-20-32(21-19-31)23-10-2-1-3-11-23/h1-7,10-15H,8-9,16-22H2,(H,30,34). The number of hydrogen-bond acceptors (Lipinski definition) is 4. The zero-order valence-corrected chi connectivity index (χ0v) is 20.0. The number of unbranched alkanes of at least 4 members (excludes halogenated alkanes) is 1. The van der Waals surface area contributed by atoms with Gasteiger partial charge in [-0.15, -0.1) is 0 Å². The molecule has 6 heteroatoms. The summed E-state index contributed by atoms with van der Waals surface area (Å²) in [6.07, 6.45) is 2.02. The molecule has 0 bridgehead atoms. The molecule has 180 valence electrons. The second-order valence-corrected chi connectivity index (χ2v) is 9.17. The fourth-order valence-electron chi connectivity index (χ4n) is 5.00. The highest BCUT2D eigenvalue weighted by Gasteiger charge is 2.17. The minimum absolute atomic E-state index is 0.0115. The van der Waals surface area contributed by atoms with Crippen LogP contribution >= 0.6 is 0 Å². The van der Waals surface area contributed by atoms with E-state index in [-0.39, 0.29) is 17.9 Å². The van der Waals surface area contributed by atoms with Crippen molar-refractivity contribution in [2.45, 2.75) is 19.4 Å². The normalized spacial score (nSPS) is 14.5. The SMILES string of the molecule is O=C(Cn1c2ccccc2c(=O)c2ccccc21)NCCCCN1CCN(c2ccccc2)CC1. The van der Waals surface area contributed by atoms with Crippen LogP contribution in [0, 0.1) is 0 Å². The molecule has 1 aliphatic heterocycles. The summed E-state index contributed by atoms with van der Waals surface area (Å²) in [5.41, 5.74) is 2.90. The van der Waals surface area contributed by atoms with Gasteiger partial charge in [-0.25, -0.2) is 0 Å². The van der Waals surface area contributed by atoms with Gasteiger partial charge < -0.3 is 14.8 Å². The Labute approximate surface area is 205 Å². The Hall–Kier alpha value is -3.64. The number of carbonyl (C=O) groups is 1. The highest BCUT2D eigenvalue weighted by atomic mass is 16.2. The second-order valence-electron chi connectivity index (χ2n) is 9.17. The first-order valence-corrected chi connectivity index (χ1v) is 12.5. The number of carbonyl (C=O) groups excluding carboxylic acids is 1. The van der Waals surface area contributed by atoms with Gasteiger partial charge in [0.2, 0.25) is 5.91 Å². The maximum absolute atomic E-state index is 12.9. The highest BCUT2D eigenvalue weighted by Crippen LogP contribution is 2.19. The summed E-state index contributed by atoms with van der Waals surface area (Å²) >= 11 is 0. The molecule has 0 aliphatic carbocycles. The van der Waals surface area contributed by atoms with Crippen molar-refractivity contribution in [2.75, 3.05) is 44.2 Å². The van der Waals surface area contributed by atoms with Gasteiger partial charge in [0.15, 0.2) is 5.43 Å². The average Bonchev–Trinajstić information content (AvgIpc) is 2.92. The van der Waals surface area contributed by atoms with Crippen LogP contribution in [0.1, 0.15) is 12.8 Å². The van der Waals surface area contributed by atoms with Crippen LogP contribution in [-0.2, 0) is 11.3 Å². The summed E-state index contributed by atoms with van der Waals surface area (Å²) in [5, 5.41) is 4.37. The van der Waals surface area contributed by atoms with E-state index in [1.54, 1.807) is 0 Å². The lowest BCUT2D eigenvalue weighted by molar-refractivity contribution is -0.121. The van der Waals surface area contributed by atoms with E-state index in [1.807, 2.05) is 53.1 Å². The Kier molecular flexibility index (Phi) is 7.09. The summed E-state index contributed by atoms with van der Waals surface area (Å²) in [6, 6.07) is 25.6. The largest absolute Gasteiger partial charge is 0.369 e. The molecule has 0 saturated carbocycles. The molecule has 5 rings (SSSR count). The predicted octanol–water partition coefficient (Wildman–Crippen LogP) is 3.87. The molecule has 6 nitrogen and oxygen atoms in total. The van der Waals surface area contributed by atoms with E-state index in [0.29, 0.717) is 17.3 Å². The van der Waals surface area contributed by atoms with E-state index in [1.165, 1.54) is 5.69 Å². The van der Waals surface area contributed by atoms with Crippen LogP contribution in [0.3, 0.4) is 0 Å². The number of rotatable bonds is 8. The van der Waals surface area contributed by atoms with Gasteiger partial charge >= 0.3 is 0 Å². The van der Waals surface area contributed by atoms with Gasteiger partial charge in [0.25, 0.3) is 0 Å². The van der Waals surface area contributed by atoms with Crippen LogP contribution in [0.4, 0.5) is 5.69 Å². The third-order valence-electron chi connectivity index (χ3n) is 6.90. The quantitative estimate of drug-likeness (QED) is 0.315. The van der Waals surface area contributed by atoms with Crippen LogP contribution in [0.5, 0.6) is 0 Å². The molecule has 1 aliphatic rings. The van der Waals surface area contributed by atoms with E-state index in [4.69, 9.17) is 0 Å². The van der Waals surface area contributed by atoms with Crippen molar-refractivity contribution in [2.24, 2.45) is 0 Å². The van der Waals surface area contributed by atoms with Crippen LogP contribution in [0.15, 0.2) is 83.7 Å². The number of nitrogens with zero attached hydrogens (tertiary/aromatic N) is 3. The fourth-order valence-corrected chi connectivity index (χ4v) is 5.00. The lowest BCUT2D eigenvalue weighted by Crippen LogP contribution is -2.46. The van der Waals surface area contributed by atoms with Gasteiger partial charge in [0.1, 0.15) is 6.54 Å². The highest BCUT2D eigenvalue weighted by molar-refractivity contribution is 5.94.